The molecule has 0 saturated carbocycles. The quantitative estimate of drug-likeness (QED) is 0.803. The molecule has 0 radical (unpaired) electrons. The van der Waals surface area contributed by atoms with E-state index in [1.54, 1.807) is 0 Å². The van der Waals surface area contributed by atoms with E-state index in [-0.39, 0.29) is 5.91 Å². The highest BCUT2D eigenvalue weighted by molar-refractivity contribution is 8.14. The first-order chi connectivity index (χ1) is 8.42. The van der Waals surface area contributed by atoms with Crippen LogP contribution in [0, 0.1) is 5.41 Å². The zero-order valence-electron chi connectivity index (χ0n) is 11.5. The fraction of sp³-hybridized carbons (Fsp3) is 0.846. The number of hydrogen-bond donors (Lipinski definition) is 2. The van der Waals surface area contributed by atoms with Gasteiger partial charge in [0.05, 0.1) is 6.54 Å². The molecule has 0 spiro atoms. The molecule has 18 heavy (non-hydrogen) atoms. The summed E-state index contributed by atoms with van der Waals surface area (Å²) < 4.78 is 0. The van der Waals surface area contributed by atoms with Crippen molar-refractivity contribution in [1.82, 2.24) is 10.6 Å². The summed E-state index contributed by atoms with van der Waals surface area (Å²) in [4.78, 5) is 15.7. The summed E-state index contributed by atoms with van der Waals surface area (Å²) >= 11 is 1.86. The third-order valence-electron chi connectivity index (χ3n) is 3.15. The fourth-order valence-electron chi connectivity index (χ4n) is 2.32. The Labute approximate surface area is 113 Å². The zero-order chi connectivity index (χ0) is 13.2. The summed E-state index contributed by atoms with van der Waals surface area (Å²) in [6, 6.07) is 0.349. The standard InChI is InChI=1S/C13H23N3OS/c1-13(2,3)6-10-8-15-12(18-10)16-9-4-5-11(17)14-7-9/h9-10H,4-8H2,1-3H3,(H,14,17)(H,15,16). The molecule has 4 nitrogen and oxygen atoms in total. The van der Waals surface area contributed by atoms with Crippen LogP contribution in [-0.2, 0) is 4.79 Å². The van der Waals surface area contributed by atoms with E-state index in [0.29, 0.717) is 23.1 Å². The van der Waals surface area contributed by atoms with Crippen LogP contribution in [0.3, 0.4) is 0 Å². The van der Waals surface area contributed by atoms with Crippen molar-refractivity contribution < 1.29 is 4.79 Å². The van der Waals surface area contributed by atoms with Crippen LogP contribution in [0.15, 0.2) is 4.99 Å². The molecule has 2 heterocycles. The van der Waals surface area contributed by atoms with Gasteiger partial charge in [0.1, 0.15) is 0 Å². The van der Waals surface area contributed by atoms with Gasteiger partial charge < -0.3 is 10.6 Å². The van der Waals surface area contributed by atoms with E-state index in [1.807, 2.05) is 11.8 Å². The SMILES string of the molecule is CC(C)(C)CC1CN=C(NC2CCC(=O)NC2)S1. The molecule has 0 aliphatic carbocycles. The number of hydrogen-bond acceptors (Lipinski definition) is 4. The maximum Gasteiger partial charge on any atom is 0.220 e. The second-order valence-corrected chi connectivity index (χ2v) is 7.62. The highest BCUT2D eigenvalue weighted by Crippen LogP contribution is 2.31. The lowest BCUT2D eigenvalue weighted by atomic mass is 9.90. The number of thioether (sulfide) groups is 1. The minimum absolute atomic E-state index is 0.166. The predicted molar refractivity (Wildman–Crippen MR) is 76.9 cm³/mol. The van der Waals surface area contributed by atoms with E-state index in [9.17, 15) is 4.79 Å². The van der Waals surface area contributed by atoms with Crippen molar-refractivity contribution in [2.45, 2.75) is 51.3 Å². The lowest BCUT2D eigenvalue weighted by Gasteiger charge is -2.25. The monoisotopic (exact) mass is 269 g/mol. The van der Waals surface area contributed by atoms with Gasteiger partial charge in [-0.3, -0.25) is 9.79 Å². The van der Waals surface area contributed by atoms with Crippen LogP contribution in [-0.4, -0.2) is 35.5 Å². The first-order valence-electron chi connectivity index (χ1n) is 6.67. The Balaban J connectivity index is 1.74. The number of nitrogens with zero attached hydrogens (tertiary/aromatic N) is 1. The molecule has 5 heteroatoms. The molecule has 1 saturated heterocycles. The summed E-state index contributed by atoms with van der Waals surface area (Å²) in [7, 11) is 0. The van der Waals surface area contributed by atoms with E-state index >= 15 is 0 Å². The van der Waals surface area contributed by atoms with Crippen molar-refractivity contribution in [1.29, 1.82) is 0 Å². The second kappa shape index (κ2) is 5.51. The molecule has 2 aliphatic heterocycles. The molecule has 1 amide bonds. The van der Waals surface area contributed by atoms with Crippen molar-refractivity contribution >= 4 is 22.8 Å². The normalized spacial score (nSPS) is 28.8. The highest BCUT2D eigenvalue weighted by atomic mass is 32.2. The van der Waals surface area contributed by atoms with Gasteiger partial charge in [-0.05, 0) is 18.3 Å². The van der Waals surface area contributed by atoms with Crippen molar-refractivity contribution in [3.63, 3.8) is 0 Å². The largest absolute Gasteiger partial charge is 0.360 e. The number of aliphatic imine (C=N–C) groups is 1. The number of piperidine rings is 1. The summed E-state index contributed by atoms with van der Waals surface area (Å²) in [6.07, 6.45) is 2.73. The van der Waals surface area contributed by atoms with Crippen molar-refractivity contribution in [2.75, 3.05) is 13.1 Å². The molecular weight excluding hydrogens is 246 g/mol. The number of carbonyl (C=O) groups excluding carboxylic acids is 1. The van der Waals surface area contributed by atoms with Crippen LogP contribution in [0.2, 0.25) is 0 Å². The maximum absolute atomic E-state index is 11.1. The molecule has 0 bridgehead atoms. The molecule has 0 aromatic carbocycles. The van der Waals surface area contributed by atoms with Gasteiger partial charge in [-0.1, -0.05) is 32.5 Å². The fourth-order valence-corrected chi connectivity index (χ4v) is 3.75. The summed E-state index contributed by atoms with van der Waals surface area (Å²) in [6.45, 7) is 8.46. The molecule has 2 aliphatic rings. The van der Waals surface area contributed by atoms with Gasteiger partial charge in [-0.25, -0.2) is 0 Å². The Morgan fingerprint density at radius 2 is 2.28 bits per heavy atom. The summed E-state index contributed by atoms with van der Waals surface area (Å²) in [5, 5.41) is 8.01. The lowest BCUT2D eigenvalue weighted by Crippen LogP contribution is -2.47. The second-order valence-electron chi connectivity index (χ2n) is 6.33. The van der Waals surface area contributed by atoms with Crippen molar-refractivity contribution in [3.05, 3.63) is 0 Å². The van der Waals surface area contributed by atoms with E-state index in [1.165, 1.54) is 6.42 Å². The number of rotatable bonds is 2. The van der Waals surface area contributed by atoms with E-state index in [2.05, 4.69) is 36.4 Å². The van der Waals surface area contributed by atoms with Gasteiger partial charge in [0.15, 0.2) is 5.17 Å². The van der Waals surface area contributed by atoms with Crippen LogP contribution in [0.4, 0.5) is 0 Å². The van der Waals surface area contributed by atoms with Crippen LogP contribution < -0.4 is 10.6 Å². The number of carbonyl (C=O) groups is 1. The van der Waals surface area contributed by atoms with E-state index < -0.39 is 0 Å². The van der Waals surface area contributed by atoms with Crippen LogP contribution in [0.5, 0.6) is 0 Å². The maximum atomic E-state index is 11.1. The molecule has 2 N–H and O–H groups in total. The first-order valence-corrected chi connectivity index (χ1v) is 7.55. The Hall–Kier alpha value is -0.710. The average molecular weight is 269 g/mol. The molecule has 2 rings (SSSR count). The van der Waals surface area contributed by atoms with Crippen molar-refractivity contribution in [3.8, 4) is 0 Å². The predicted octanol–water partition coefficient (Wildman–Crippen LogP) is 1.76. The topological polar surface area (TPSA) is 53.5 Å². The Bertz CT molecular complexity index is 339. The van der Waals surface area contributed by atoms with Gasteiger partial charge in [0, 0.05) is 24.3 Å². The molecule has 0 aromatic heterocycles. The number of amidine groups is 1. The first kappa shape index (κ1) is 13.7. The molecule has 102 valence electrons. The van der Waals surface area contributed by atoms with Crippen LogP contribution in [0.25, 0.3) is 0 Å². The number of nitrogens with one attached hydrogen (secondary N) is 2. The van der Waals surface area contributed by atoms with Crippen LogP contribution >= 0.6 is 11.8 Å². The summed E-state index contributed by atoms with van der Waals surface area (Å²) in [5.41, 5.74) is 0.363. The van der Waals surface area contributed by atoms with Crippen molar-refractivity contribution in [2.24, 2.45) is 10.4 Å². The third-order valence-corrected chi connectivity index (χ3v) is 4.27. The Kier molecular flexibility index (Phi) is 4.20. The molecule has 2 unspecified atom stereocenters. The third kappa shape index (κ3) is 4.19. The van der Waals surface area contributed by atoms with Gasteiger partial charge >= 0.3 is 0 Å². The average Bonchev–Trinajstić information content (AvgIpc) is 2.66. The highest BCUT2D eigenvalue weighted by Gasteiger charge is 2.27. The molecule has 2 atom stereocenters. The molecule has 0 aromatic rings. The van der Waals surface area contributed by atoms with E-state index in [0.717, 1.165) is 24.7 Å². The smallest absolute Gasteiger partial charge is 0.220 e. The molecular formula is C13H23N3OS. The lowest BCUT2D eigenvalue weighted by molar-refractivity contribution is -0.122. The zero-order valence-corrected chi connectivity index (χ0v) is 12.3. The number of amides is 1. The molecule has 1 fully saturated rings. The van der Waals surface area contributed by atoms with Gasteiger partial charge in [-0.15, -0.1) is 0 Å². The minimum Gasteiger partial charge on any atom is -0.360 e. The summed E-state index contributed by atoms with van der Waals surface area (Å²) in [5.74, 6) is 0.166. The van der Waals surface area contributed by atoms with Gasteiger partial charge in [0.2, 0.25) is 5.91 Å². The van der Waals surface area contributed by atoms with Gasteiger partial charge in [0.25, 0.3) is 0 Å². The van der Waals surface area contributed by atoms with E-state index in [4.69, 9.17) is 0 Å². The Morgan fingerprint density at radius 1 is 1.50 bits per heavy atom. The van der Waals surface area contributed by atoms with Crippen LogP contribution in [0.1, 0.15) is 40.0 Å². The minimum atomic E-state index is 0.166. The Morgan fingerprint density at radius 3 is 2.89 bits per heavy atom. The van der Waals surface area contributed by atoms with Gasteiger partial charge in [-0.2, -0.15) is 0 Å².